The molecule has 1 aromatic carbocycles. The maximum absolute atomic E-state index is 13.5. The first kappa shape index (κ1) is 15.5. The van der Waals surface area contributed by atoms with E-state index in [2.05, 4.69) is 5.32 Å². The molecule has 0 unspecified atom stereocenters. The second-order valence-corrected chi connectivity index (χ2v) is 4.69. The molecule has 0 aliphatic carbocycles. The number of nitro groups is 1. The molecule has 0 amide bonds. The lowest BCUT2D eigenvalue weighted by molar-refractivity contribution is -0.386. The van der Waals surface area contributed by atoms with Crippen LogP contribution in [0.3, 0.4) is 0 Å². The third-order valence-electron chi connectivity index (χ3n) is 3.38. The first-order valence-corrected chi connectivity index (χ1v) is 6.31. The highest BCUT2D eigenvalue weighted by molar-refractivity contribution is 5.52. The summed E-state index contributed by atoms with van der Waals surface area (Å²) in [5.74, 6) is -1.94. The molecule has 1 atom stereocenters. The minimum atomic E-state index is -2.91. The summed E-state index contributed by atoms with van der Waals surface area (Å²) in [5, 5.41) is 23.6. The van der Waals surface area contributed by atoms with E-state index < -0.39 is 40.2 Å². The second kappa shape index (κ2) is 6.27. The highest BCUT2D eigenvalue weighted by Crippen LogP contribution is 2.39. The number of nitrogens with zero attached hydrogens (tertiary/aromatic N) is 2. The Hall–Kier alpha value is -1.87. The van der Waals surface area contributed by atoms with Crippen molar-refractivity contribution in [3.8, 4) is 5.75 Å². The van der Waals surface area contributed by atoms with Crippen LogP contribution in [0.25, 0.3) is 0 Å². The van der Waals surface area contributed by atoms with E-state index in [1.54, 1.807) is 0 Å². The molecule has 6 nitrogen and oxygen atoms in total. The number of rotatable bonds is 4. The predicted molar refractivity (Wildman–Crippen MR) is 67.9 cm³/mol. The highest BCUT2D eigenvalue weighted by atomic mass is 19.3. The summed E-state index contributed by atoms with van der Waals surface area (Å²) in [7, 11) is 0. The van der Waals surface area contributed by atoms with Gasteiger partial charge in [0.2, 0.25) is 0 Å². The Labute approximate surface area is 118 Å². The molecule has 0 radical (unpaired) electrons. The number of halogens is 3. The molecule has 0 spiro atoms. The summed E-state index contributed by atoms with van der Waals surface area (Å²) in [5.41, 5.74) is -1.37. The maximum Gasteiger partial charge on any atom is 0.313 e. The van der Waals surface area contributed by atoms with Gasteiger partial charge in [-0.1, -0.05) is 0 Å². The zero-order chi connectivity index (χ0) is 15.6. The van der Waals surface area contributed by atoms with Gasteiger partial charge in [-0.15, -0.1) is 0 Å². The maximum atomic E-state index is 13.5. The van der Waals surface area contributed by atoms with Gasteiger partial charge in [-0.3, -0.25) is 15.0 Å². The molecule has 2 rings (SSSR count). The van der Waals surface area contributed by atoms with Gasteiger partial charge >= 0.3 is 5.69 Å². The average molecular weight is 305 g/mol. The van der Waals surface area contributed by atoms with E-state index in [1.165, 1.54) is 4.90 Å². The standard InChI is InChI=1S/C12H14F3N3O3/c13-7-5-8(11(19)9(6-7)18(20)21)10(12(14)15)17-3-1-16-2-4-17/h5-6,10,12,16,19H,1-4H2/t10-/m1/s1. The van der Waals surface area contributed by atoms with E-state index in [0.29, 0.717) is 19.2 Å². The van der Waals surface area contributed by atoms with Gasteiger partial charge in [-0.2, -0.15) is 0 Å². The number of hydrogen-bond donors (Lipinski definition) is 2. The van der Waals surface area contributed by atoms with Crippen LogP contribution in [0.1, 0.15) is 11.6 Å². The van der Waals surface area contributed by atoms with Gasteiger partial charge in [0.1, 0.15) is 11.9 Å². The topological polar surface area (TPSA) is 78.6 Å². The van der Waals surface area contributed by atoms with Gasteiger partial charge in [-0.25, -0.2) is 13.2 Å². The summed E-state index contributed by atoms with van der Waals surface area (Å²) in [4.78, 5) is 11.1. The SMILES string of the molecule is O=[N+]([O-])c1cc(F)cc([C@H](C(F)F)N2CCNCC2)c1O. The van der Waals surface area contributed by atoms with E-state index in [1.807, 2.05) is 0 Å². The smallest absolute Gasteiger partial charge is 0.313 e. The average Bonchev–Trinajstić information content (AvgIpc) is 2.43. The quantitative estimate of drug-likeness (QED) is 0.653. The van der Waals surface area contributed by atoms with Crippen molar-refractivity contribution in [2.45, 2.75) is 12.5 Å². The Balaban J connectivity index is 2.47. The van der Waals surface area contributed by atoms with Crippen LogP contribution in [0.2, 0.25) is 0 Å². The molecule has 0 aromatic heterocycles. The lowest BCUT2D eigenvalue weighted by atomic mass is 10.0. The first-order chi connectivity index (χ1) is 9.91. The number of phenolic OH excluding ortho intramolecular Hbond substituents is 1. The lowest BCUT2D eigenvalue weighted by Crippen LogP contribution is -2.47. The second-order valence-electron chi connectivity index (χ2n) is 4.69. The Morgan fingerprint density at radius 1 is 1.33 bits per heavy atom. The Morgan fingerprint density at radius 3 is 2.48 bits per heavy atom. The van der Waals surface area contributed by atoms with Crippen molar-refractivity contribution in [3.05, 3.63) is 33.6 Å². The summed E-state index contributed by atoms with van der Waals surface area (Å²) in [6, 6.07) is -0.346. The zero-order valence-corrected chi connectivity index (χ0v) is 10.9. The molecule has 21 heavy (non-hydrogen) atoms. The molecule has 1 saturated heterocycles. The van der Waals surface area contributed by atoms with E-state index in [-0.39, 0.29) is 13.1 Å². The number of nitrogens with one attached hydrogen (secondary N) is 1. The molecular formula is C12H14F3N3O3. The number of hydrogen-bond acceptors (Lipinski definition) is 5. The summed E-state index contributed by atoms with van der Waals surface area (Å²) in [6.45, 7) is 1.50. The van der Waals surface area contributed by atoms with Crippen molar-refractivity contribution in [3.63, 3.8) is 0 Å². The van der Waals surface area contributed by atoms with Gasteiger partial charge in [0.05, 0.1) is 11.0 Å². The van der Waals surface area contributed by atoms with Crippen molar-refractivity contribution in [2.75, 3.05) is 26.2 Å². The molecule has 0 saturated carbocycles. The van der Waals surface area contributed by atoms with E-state index >= 15 is 0 Å². The Kier molecular flexibility index (Phi) is 4.63. The molecule has 116 valence electrons. The molecule has 1 fully saturated rings. The molecule has 1 aliphatic rings. The number of piperazine rings is 1. The summed E-state index contributed by atoms with van der Waals surface area (Å²) in [6.07, 6.45) is -2.91. The van der Waals surface area contributed by atoms with Crippen LogP contribution >= 0.6 is 0 Å². The van der Waals surface area contributed by atoms with Gasteiger partial charge in [0.25, 0.3) is 6.43 Å². The highest BCUT2D eigenvalue weighted by Gasteiger charge is 2.35. The van der Waals surface area contributed by atoms with Gasteiger partial charge in [0.15, 0.2) is 5.75 Å². The molecule has 1 aromatic rings. The monoisotopic (exact) mass is 305 g/mol. The minimum absolute atomic E-state index is 0.277. The summed E-state index contributed by atoms with van der Waals surface area (Å²) < 4.78 is 40.2. The van der Waals surface area contributed by atoms with Crippen LogP contribution in [0.15, 0.2) is 12.1 Å². The molecular weight excluding hydrogens is 291 g/mol. The molecule has 0 bridgehead atoms. The third-order valence-corrected chi connectivity index (χ3v) is 3.38. The third kappa shape index (κ3) is 3.24. The minimum Gasteiger partial charge on any atom is -0.502 e. The fourth-order valence-electron chi connectivity index (χ4n) is 2.42. The van der Waals surface area contributed by atoms with Crippen LogP contribution in [0.5, 0.6) is 5.75 Å². The first-order valence-electron chi connectivity index (χ1n) is 6.31. The van der Waals surface area contributed by atoms with Crippen molar-refractivity contribution in [1.29, 1.82) is 0 Å². The van der Waals surface area contributed by atoms with E-state index in [4.69, 9.17) is 0 Å². The van der Waals surface area contributed by atoms with Crippen LogP contribution in [0, 0.1) is 15.9 Å². The summed E-state index contributed by atoms with van der Waals surface area (Å²) >= 11 is 0. The Bertz CT molecular complexity index is 536. The normalized spacial score (nSPS) is 17.9. The number of alkyl halides is 2. The van der Waals surface area contributed by atoms with Crippen molar-refractivity contribution in [1.82, 2.24) is 10.2 Å². The number of nitro benzene ring substituents is 1. The predicted octanol–water partition coefficient (Wildman–Crippen LogP) is 1.65. The fourth-order valence-corrected chi connectivity index (χ4v) is 2.42. The largest absolute Gasteiger partial charge is 0.502 e. The van der Waals surface area contributed by atoms with E-state index in [9.17, 15) is 28.4 Å². The van der Waals surface area contributed by atoms with Crippen LogP contribution in [0.4, 0.5) is 18.9 Å². The molecule has 2 N–H and O–H groups in total. The zero-order valence-electron chi connectivity index (χ0n) is 10.9. The van der Waals surface area contributed by atoms with Gasteiger partial charge in [0, 0.05) is 31.7 Å². The molecule has 1 aliphatic heterocycles. The number of phenols is 1. The number of aromatic hydroxyl groups is 1. The van der Waals surface area contributed by atoms with E-state index in [0.717, 1.165) is 6.07 Å². The Morgan fingerprint density at radius 2 is 1.95 bits per heavy atom. The van der Waals surface area contributed by atoms with Crippen molar-refractivity contribution >= 4 is 5.69 Å². The van der Waals surface area contributed by atoms with Gasteiger partial charge < -0.3 is 10.4 Å². The molecule has 1 heterocycles. The van der Waals surface area contributed by atoms with Crippen molar-refractivity contribution in [2.24, 2.45) is 0 Å². The van der Waals surface area contributed by atoms with Crippen LogP contribution < -0.4 is 5.32 Å². The fraction of sp³-hybridized carbons (Fsp3) is 0.500. The lowest BCUT2D eigenvalue weighted by Gasteiger charge is -2.34. The van der Waals surface area contributed by atoms with Crippen LogP contribution in [-0.4, -0.2) is 47.5 Å². The molecule has 9 heteroatoms. The number of benzene rings is 1. The van der Waals surface area contributed by atoms with Crippen LogP contribution in [-0.2, 0) is 0 Å². The van der Waals surface area contributed by atoms with Crippen molar-refractivity contribution < 1.29 is 23.2 Å². The van der Waals surface area contributed by atoms with Gasteiger partial charge in [-0.05, 0) is 6.07 Å².